The normalized spacial score (nSPS) is 11.5. The fourth-order valence-corrected chi connectivity index (χ4v) is 3.05. The lowest BCUT2D eigenvalue weighted by atomic mass is 10.2. The number of hydrogen-bond acceptors (Lipinski definition) is 3. The van der Waals surface area contributed by atoms with Crippen LogP contribution in [0.15, 0.2) is 47.4 Å². The molecule has 0 amide bonds. The number of anilines is 1. The van der Waals surface area contributed by atoms with Crippen molar-refractivity contribution in [1.82, 2.24) is 4.72 Å². The minimum absolute atomic E-state index is 0.196. The van der Waals surface area contributed by atoms with Gasteiger partial charge in [0.1, 0.15) is 0 Å². The van der Waals surface area contributed by atoms with Crippen LogP contribution in [0.2, 0.25) is 0 Å². The first-order valence-corrected chi connectivity index (χ1v) is 7.77. The van der Waals surface area contributed by atoms with Gasteiger partial charge >= 0.3 is 0 Å². The average Bonchev–Trinajstić information content (AvgIpc) is 2.37. The van der Waals surface area contributed by atoms with Crippen molar-refractivity contribution in [2.45, 2.75) is 25.3 Å². The van der Waals surface area contributed by atoms with Crippen molar-refractivity contribution >= 4 is 15.7 Å². The predicted molar refractivity (Wildman–Crippen MR) is 80.8 cm³/mol. The lowest BCUT2D eigenvalue weighted by Gasteiger charge is -2.09. The van der Waals surface area contributed by atoms with Gasteiger partial charge < -0.3 is 5.73 Å². The van der Waals surface area contributed by atoms with Crippen LogP contribution >= 0.6 is 0 Å². The Balaban J connectivity index is 2.16. The van der Waals surface area contributed by atoms with Gasteiger partial charge in [0.25, 0.3) is 0 Å². The molecule has 2 aromatic rings. The van der Waals surface area contributed by atoms with Crippen molar-refractivity contribution in [1.29, 1.82) is 0 Å². The highest BCUT2D eigenvalue weighted by atomic mass is 32.2. The fourth-order valence-electron chi connectivity index (χ4n) is 1.90. The van der Waals surface area contributed by atoms with Crippen LogP contribution in [0.3, 0.4) is 0 Å². The molecule has 0 radical (unpaired) electrons. The summed E-state index contributed by atoms with van der Waals surface area (Å²) in [6.07, 6.45) is 0. The Labute approximate surface area is 119 Å². The smallest absolute Gasteiger partial charge is 0.240 e. The van der Waals surface area contributed by atoms with Gasteiger partial charge in [0, 0.05) is 12.2 Å². The first-order chi connectivity index (χ1) is 9.37. The Kier molecular flexibility index (Phi) is 4.11. The summed E-state index contributed by atoms with van der Waals surface area (Å²) >= 11 is 0. The molecule has 0 aliphatic carbocycles. The number of hydrogen-bond donors (Lipinski definition) is 2. The zero-order chi connectivity index (χ0) is 14.8. The second-order valence-electron chi connectivity index (χ2n) is 4.89. The minimum atomic E-state index is -3.54. The number of rotatable bonds is 4. The summed E-state index contributed by atoms with van der Waals surface area (Å²) in [5, 5.41) is 0. The Bertz CT molecular complexity index is 687. The summed E-state index contributed by atoms with van der Waals surface area (Å²) in [7, 11) is -3.54. The van der Waals surface area contributed by atoms with Gasteiger partial charge in [-0.2, -0.15) is 0 Å². The molecule has 20 heavy (non-hydrogen) atoms. The van der Waals surface area contributed by atoms with E-state index in [1.165, 1.54) is 6.07 Å². The molecule has 0 aromatic heterocycles. The summed E-state index contributed by atoms with van der Waals surface area (Å²) in [4.78, 5) is 0.196. The van der Waals surface area contributed by atoms with E-state index in [2.05, 4.69) is 4.72 Å². The third-order valence-corrected chi connectivity index (χ3v) is 4.35. The van der Waals surface area contributed by atoms with Gasteiger partial charge in [-0.25, -0.2) is 13.1 Å². The lowest BCUT2D eigenvalue weighted by molar-refractivity contribution is 0.581. The number of nitrogens with two attached hydrogens (primary N) is 1. The molecule has 0 unspecified atom stereocenters. The Morgan fingerprint density at radius 1 is 1.00 bits per heavy atom. The lowest BCUT2D eigenvalue weighted by Crippen LogP contribution is -2.23. The van der Waals surface area contributed by atoms with Crippen LogP contribution in [0.5, 0.6) is 0 Å². The van der Waals surface area contributed by atoms with E-state index in [-0.39, 0.29) is 11.4 Å². The first-order valence-electron chi connectivity index (χ1n) is 6.29. The van der Waals surface area contributed by atoms with Gasteiger partial charge in [0.05, 0.1) is 4.90 Å². The van der Waals surface area contributed by atoms with Gasteiger partial charge in [0.15, 0.2) is 0 Å². The number of nitrogen functional groups attached to an aromatic ring is 1. The molecule has 0 saturated carbocycles. The topological polar surface area (TPSA) is 72.2 Å². The molecule has 0 saturated heterocycles. The van der Waals surface area contributed by atoms with Crippen molar-refractivity contribution in [2.75, 3.05) is 5.73 Å². The van der Waals surface area contributed by atoms with E-state index in [4.69, 9.17) is 5.73 Å². The van der Waals surface area contributed by atoms with Crippen LogP contribution in [0.4, 0.5) is 5.69 Å². The van der Waals surface area contributed by atoms with Crippen molar-refractivity contribution in [3.63, 3.8) is 0 Å². The summed E-state index contributed by atoms with van der Waals surface area (Å²) in [5.41, 5.74) is 9.01. The van der Waals surface area contributed by atoms with Crippen LogP contribution in [0, 0.1) is 13.8 Å². The van der Waals surface area contributed by atoms with Crippen LogP contribution in [-0.4, -0.2) is 8.42 Å². The van der Waals surface area contributed by atoms with E-state index in [1.54, 1.807) is 12.1 Å². The molecule has 4 nitrogen and oxygen atoms in total. The molecule has 0 fully saturated rings. The molecule has 2 aromatic carbocycles. The van der Waals surface area contributed by atoms with Gasteiger partial charge in [-0.15, -0.1) is 0 Å². The van der Waals surface area contributed by atoms with E-state index in [9.17, 15) is 8.42 Å². The molecule has 0 spiro atoms. The van der Waals surface area contributed by atoms with Gasteiger partial charge in [-0.1, -0.05) is 29.8 Å². The van der Waals surface area contributed by atoms with E-state index in [0.717, 1.165) is 16.7 Å². The summed E-state index contributed by atoms with van der Waals surface area (Å²) in [6.45, 7) is 4.06. The fraction of sp³-hybridized carbons (Fsp3) is 0.200. The van der Waals surface area contributed by atoms with Crippen LogP contribution in [0.25, 0.3) is 0 Å². The zero-order valence-corrected chi connectivity index (χ0v) is 12.4. The predicted octanol–water partition coefficient (Wildman–Crippen LogP) is 2.36. The maximum Gasteiger partial charge on any atom is 0.240 e. The second kappa shape index (κ2) is 5.64. The molecule has 0 atom stereocenters. The van der Waals surface area contributed by atoms with E-state index >= 15 is 0 Å². The molecule has 106 valence electrons. The van der Waals surface area contributed by atoms with Crippen molar-refractivity contribution in [3.05, 3.63) is 59.2 Å². The molecule has 5 heteroatoms. The maximum atomic E-state index is 12.2. The van der Waals surface area contributed by atoms with Crippen molar-refractivity contribution < 1.29 is 8.42 Å². The molecule has 2 rings (SSSR count). The van der Waals surface area contributed by atoms with E-state index in [0.29, 0.717) is 5.69 Å². The Morgan fingerprint density at radius 3 is 2.25 bits per heavy atom. The van der Waals surface area contributed by atoms with Gasteiger partial charge in [-0.05, 0) is 43.2 Å². The highest BCUT2D eigenvalue weighted by Gasteiger charge is 2.14. The van der Waals surface area contributed by atoms with E-state index in [1.807, 2.05) is 38.1 Å². The highest BCUT2D eigenvalue weighted by Crippen LogP contribution is 2.16. The van der Waals surface area contributed by atoms with E-state index < -0.39 is 10.0 Å². The molecule has 0 aliphatic heterocycles. The van der Waals surface area contributed by atoms with Gasteiger partial charge in [0.2, 0.25) is 10.0 Å². The number of aryl methyl sites for hydroxylation is 2. The Hall–Kier alpha value is -1.85. The van der Waals surface area contributed by atoms with Crippen LogP contribution in [0.1, 0.15) is 16.7 Å². The third kappa shape index (κ3) is 3.59. The molecular formula is C15H18N2O2S. The third-order valence-electron chi connectivity index (χ3n) is 2.97. The maximum absolute atomic E-state index is 12.2. The SMILES string of the molecule is Cc1ccc(CNS(=O)(=O)c2cc(C)cc(N)c2)cc1. The molecular weight excluding hydrogens is 272 g/mol. The largest absolute Gasteiger partial charge is 0.399 e. The molecule has 0 aliphatic rings. The van der Waals surface area contributed by atoms with Crippen molar-refractivity contribution in [2.24, 2.45) is 0 Å². The molecule has 3 N–H and O–H groups in total. The highest BCUT2D eigenvalue weighted by molar-refractivity contribution is 7.89. The summed E-state index contributed by atoms with van der Waals surface area (Å²) in [6, 6.07) is 12.5. The number of sulfonamides is 1. The zero-order valence-electron chi connectivity index (χ0n) is 11.6. The second-order valence-corrected chi connectivity index (χ2v) is 6.66. The van der Waals surface area contributed by atoms with Gasteiger partial charge in [-0.3, -0.25) is 0 Å². The minimum Gasteiger partial charge on any atom is -0.399 e. The molecule has 0 bridgehead atoms. The summed E-state index contributed by atoms with van der Waals surface area (Å²) < 4.78 is 27.0. The quantitative estimate of drug-likeness (QED) is 0.849. The van der Waals surface area contributed by atoms with Crippen LogP contribution in [-0.2, 0) is 16.6 Å². The first kappa shape index (κ1) is 14.6. The van der Waals surface area contributed by atoms with Crippen molar-refractivity contribution in [3.8, 4) is 0 Å². The van der Waals surface area contributed by atoms with Crippen LogP contribution < -0.4 is 10.5 Å². The monoisotopic (exact) mass is 290 g/mol. The summed E-state index contributed by atoms with van der Waals surface area (Å²) in [5.74, 6) is 0. The number of nitrogens with one attached hydrogen (secondary N) is 1. The average molecular weight is 290 g/mol. The Morgan fingerprint density at radius 2 is 1.65 bits per heavy atom. The molecule has 0 heterocycles. The standard InChI is InChI=1S/C15H18N2O2S/c1-11-3-5-13(6-4-11)10-17-20(18,19)15-8-12(2)7-14(16)9-15/h3-9,17H,10,16H2,1-2H3. The number of benzene rings is 2.